The number of ether oxygens (including phenoxy) is 1. The Morgan fingerprint density at radius 2 is 1.75 bits per heavy atom. The Labute approximate surface area is 139 Å². The van der Waals surface area contributed by atoms with Crippen LogP contribution in [0, 0.1) is 0 Å². The van der Waals surface area contributed by atoms with Crippen LogP contribution >= 0.6 is 0 Å². The molecule has 1 aliphatic rings. The Balaban J connectivity index is 2.19. The lowest BCUT2D eigenvalue weighted by molar-refractivity contribution is -0.181. The molecule has 1 aromatic rings. The van der Waals surface area contributed by atoms with E-state index in [-0.39, 0.29) is 19.6 Å². The van der Waals surface area contributed by atoms with Crippen LogP contribution in [0.1, 0.15) is 20.8 Å². The highest BCUT2D eigenvalue weighted by Crippen LogP contribution is 2.31. The number of anilines is 2. The Bertz CT molecular complexity index is 582. The Morgan fingerprint density at radius 1 is 1.17 bits per heavy atom. The van der Waals surface area contributed by atoms with Crippen LogP contribution in [0.3, 0.4) is 0 Å². The number of carbonyl (C=O) groups excluding carboxylic acids is 1. The van der Waals surface area contributed by atoms with Crippen molar-refractivity contribution in [1.82, 2.24) is 4.90 Å². The summed E-state index contributed by atoms with van der Waals surface area (Å²) in [7, 11) is 0. The minimum Gasteiger partial charge on any atom is -0.444 e. The molecule has 1 heterocycles. The summed E-state index contributed by atoms with van der Waals surface area (Å²) >= 11 is 0. The average molecular weight is 345 g/mol. The monoisotopic (exact) mass is 345 g/mol. The number of hydrogen-bond acceptors (Lipinski definition) is 4. The molecule has 24 heavy (non-hydrogen) atoms. The maximum atomic E-state index is 13.4. The van der Waals surface area contributed by atoms with E-state index in [1.165, 1.54) is 0 Å². The fourth-order valence-corrected chi connectivity index (χ4v) is 2.52. The number of nitrogen functional groups attached to an aromatic ring is 1. The van der Waals surface area contributed by atoms with Crippen molar-refractivity contribution < 1.29 is 22.7 Å². The van der Waals surface area contributed by atoms with Gasteiger partial charge in [-0.05, 0) is 45.0 Å². The molecule has 2 rings (SSSR count). The lowest BCUT2D eigenvalue weighted by Gasteiger charge is -2.43. The molecule has 1 aliphatic heterocycles. The molecule has 0 radical (unpaired) electrons. The normalized spacial score (nSPS) is 19.3. The smallest absolute Gasteiger partial charge is 0.410 e. The number of nitrogens with two attached hydrogens (primary N) is 1. The van der Waals surface area contributed by atoms with E-state index >= 15 is 0 Å². The number of amides is 1. The van der Waals surface area contributed by atoms with E-state index in [4.69, 9.17) is 10.5 Å². The van der Waals surface area contributed by atoms with Gasteiger partial charge in [0.05, 0.1) is 0 Å². The molecular weight excluding hydrogens is 323 g/mol. The summed E-state index contributed by atoms with van der Waals surface area (Å²) in [6.45, 7) is 4.75. The maximum absolute atomic E-state index is 13.4. The SMILES string of the molecule is CC(C)(C)OC(=O)N1CCN(c2ccc(N)cc2)CC1C(F)(F)F. The first-order chi connectivity index (χ1) is 11.0. The van der Waals surface area contributed by atoms with Gasteiger partial charge in [-0.1, -0.05) is 0 Å². The molecule has 1 amide bonds. The summed E-state index contributed by atoms with van der Waals surface area (Å²) in [4.78, 5) is 14.5. The lowest BCUT2D eigenvalue weighted by Crippen LogP contribution is -2.61. The fraction of sp³-hybridized carbons (Fsp3) is 0.562. The van der Waals surface area contributed by atoms with E-state index in [2.05, 4.69) is 0 Å². The Kier molecular flexibility index (Phi) is 4.87. The molecule has 0 aromatic heterocycles. The number of nitrogens with zero attached hydrogens (tertiary/aromatic N) is 2. The lowest BCUT2D eigenvalue weighted by atomic mass is 10.1. The maximum Gasteiger partial charge on any atom is 0.410 e. The van der Waals surface area contributed by atoms with Crippen LogP contribution in [0.2, 0.25) is 0 Å². The highest BCUT2D eigenvalue weighted by Gasteiger charge is 2.49. The van der Waals surface area contributed by atoms with Crippen LogP contribution in [-0.2, 0) is 4.74 Å². The van der Waals surface area contributed by atoms with E-state index in [0.29, 0.717) is 11.4 Å². The zero-order valence-corrected chi connectivity index (χ0v) is 13.9. The molecule has 1 aromatic carbocycles. The molecule has 0 bridgehead atoms. The summed E-state index contributed by atoms with van der Waals surface area (Å²) < 4.78 is 45.4. The third-order valence-corrected chi connectivity index (χ3v) is 3.64. The van der Waals surface area contributed by atoms with Crippen LogP contribution in [0.4, 0.5) is 29.3 Å². The number of halogens is 3. The molecular formula is C16H22F3N3O2. The molecule has 1 saturated heterocycles. The summed E-state index contributed by atoms with van der Waals surface area (Å²) in [5.41, 5.74) is 5.94. The molecule has 134 valence electrons. The summed E-state index contributed by atoms with van der Waals surface area (Å²) in [6.07, 6.45) is -5.48. The minimum atomic E-state index is -4.54. The highest BCUT2D eigenvalue weighted by molar-refractivity contribution is 5.69. The van der Waals surface area contributed by atoms with Gasteiger partial charge in [0.2, 0.25) is 0 Å². The van der Waals surface area contributed by atoms with Crippen molar-refractivity contribution in [1.29, 1.82) is 0 Å². The zero-order chi connectivity index (χ0) is 18.1. The first kappa shape index (κ1) is 18.2. The van der Waals surface area contributed by atoms with Gasteiger partial charge < -0.3 is 15.4 Å². The number of alkyl halides is 3. The molecule has 1 atom stereocenters. The summed E-state index contributed by atoms with van der Waals surface area (Å²) in [5.74, 6) is 0. The van der Waals surface area contributed by atoms with Crippen LogP contribution in [0.25, 0.3) is 0 Å². The molecule has 1 unspecified atom stereocenters. The van der Waals surface area contributed by atoms with Gasteiger partial charge in [-0.3, -0.25) is 4.90 Å². The molecule has 0 spiro atoms. The number of rotatable bonds is 1. The Hall–Kier alpha value is -2.12. The van der Waals surface area contributed by atoms with Crippen molar-refractivity contribution in [3.63, 3.8) is 0 Å². The van der Waals surface area contributed by atoms with Crippen LogP contribution in [0.5, 0.6) is 0 Å². The molecule has 5 nitrogen and oxygen atoms in total. The minimum absolute atomic E-state index is 0.0660. The molecule has 0 aliphatic carbocycles. The molecule has 2 N–H and O–H groups in total. The van der Waals surface area contributed by atoms with Gasteiger partial charge in [0.1, 0.15) is 11.6 Å². The van der Waals surface area contributed by atoms with Gasteiger partial charge in [0.15, 0.2) is 0 Å². The number of piperazine rings is 1. The number of carbonyl (C=O) groups is 1. The van der Waals surface area contributed by atoms with Crippen LogP contribution in [-0.4, -0.2) is 48.4 Å². The van der Waals surface area contributed by atoms with Crippen molar-refractivity contribution >= 4 is 17.5 Å². The van der Waals surface area contributed by atoms with Gasteiger partial charge >= 0.3 is 12.3 Å². The third-order valence-electron chi connectivity index (χ3n) is 3.64. The number of hydrogen-bond donors (Lipinski definition) is 1. The van der Waals surface area contributed by atoms with Crippen molar-refractivity contribution in [2.75, 3.05) is 30.3 Å². The molecule has 1 fully saturated rings. The second-order valence-electron chi connectivity index (χ2n) is 6.77. The van der Waals surface area contributed by atoms with E-state index in [1.54, 1.807) is 49.9 Å². The first-order valence-electron chi connectivity index (χ1n) is 7.64. The van der Waals surface area contributed by atoms with Gasteiger partial charge in [0, 0.05) is 31.0 Å². The van der Waals surface area contributed by atoms with Gasteiger partial charge in [-0.25, -0.2) is 4.79 Å². The van der Waals surface area contributed by atoms with Crippen LogP contribution in [0.15, 0.2) is 24.3 Å². The number of benzene rings is 1. The predicted molar refractivity (Wildman–Crippen MR) is 85.9 cm³/mol. The quantitative estimate of drug-likeness (QED) is 0.794. The predicted octanol–water partition coefficient (Wildman–Crippen LogP) is 3.26. The molecule has 8 heteroatoms. The van der Waals surface area contributed by atoms with Gasteiger partial charge in [-0.15, -0.1) is 0 Å². The van der Waals surface area contributed by atoms with Crippen molar-refractivity contribution in [3.05, 3.63) is 24.3 Å². The van der Waals surface area contributed by atoms with Crippen LogP contribution < -0.4 is 10.6 Å². The van der Waals surface area contributed by atoms with Gasteiger partial charge in [-0.2, -0.15) is 13.2 Å². The van der Waals surface area contributed by atoms with Gasteiger partial charge in [0.25, 0.3) is 0 Å². The highest BCUT2D eigenvalue weighted by atomic mass is 19.4. The Morgan fingerprint density at radius 3 is 2.25 bits per heavy atom. The second kappa shape index (κ2) is 6.41. The zero-order valence-electron chi connectivity index (χ0n) is 13.9. The van der Waals surface area contributed by atoms with E-state index in [0.717, 1.165) is 4.90 Å². The van der Waals surface area contributed by atoms with E-state index in [9.17, 15) is 18.0 Å². The third kappa shape index (κ3) is 4.46. The molecule has 0 saturated carbocycles. The topological polar surface area (TPSA) is 58.8 Å². The van der Waals surface area contributed by atoms with Crippen molar-refractivity contribution in [2.24, 2.45) is 0 Å². The largest absolute Gasteiger partial charge is 0.444 e. The first-order valence-corrected chi connectivity index (χ1v) is 7.64. The average Bonchev–Trinajstić information content (AvgIpc) is 2.44. The van der Waals surface area contributed by atoms with E-state index < -0.39 is 23.9 Å². The second-order valence-corrected chi connectivity index (χ2v) is 6.77. The van der Waals surface area contributed by atoms with E-state index in [1.807, 2.05) is 0 Å². The summed E-state index contributed by atoms with van der Waals surface area (Å²) in [6, 6.07) is 4.70. The van der Waals surface area contributed by atoms with Crippen molar-refractivity contribution in [2.45, 2.75) is 38.6 Å². The summed E-state index contributed by atoms with van der Waals surface area (Å²) in [5, 5.41) is 0. The standard InChI is InChI=1S/C16H22F3N3O2/c1-15(2,3)24-14(23)22-9-8-21(10-13(22)16(17,18)19)12-6-4-11(20)5-7-12/h4-7,13H,8-10,20H2,1-3H3. The fourth-order valence-electron chi connectivity index (χ4n) is 2.52. The van der Waals surface area contributed by atoms with Crippen molar-refractivity contribution in [3.8, 4) is 0 Å².